The molecule has 262 valence electrons. The van der Waals surface area contributed by atoms with Crippen molar-refractivity contribution >= 4 is 21.5 Å². The van der Waals surface area contributed by atoms with Gasteiger partial charge in [-0.15, -0.1) is 0 Å². The molecule has 0 fully saturated rings. The average molecular weight is 718 g/mol. The minimum Gasteiger partial charge on any atom is -0.256 e. The van der Waals surface area contributed by atoms with Gasteiger partial charge in [0.15, 0.2) is 17.5 Å². The molecule has 0 unspecified atom stereocenters. The minimum atomic E-state index is 0.541. The molecule has 0 saturated heterocycles. The average Bonchev–Trinajstić information content (AvgIpc) is 3.29. The normalized spacial score (nSPS) is 11.2. The van der Waals surface area contributed by atoms with Crippen molar-refractivity contribution in [3.8, 4) is 79.2 Å². The SMILES string of the molecule is c1ccc(-c2cc(-c3ccccn3)cc(-c3nc(-c4ccc(-c5nccc6ccccc56)cc4)nc(-c4ccc(-c5nccc6ccccc56)cc4)n3)c2)nc1. The van der Waals surface area contributed by atoms with Gasteiger partial charge >= 0.3 is 0 Å². The van der Waals surface area contributed by atoms with Crippen molar-refractivity contribution in [3.63, 3.8) is 0 Å². The van der Waals surface area contributed by atoms with Crippen molar-refractivity contribution in [2.75, 3.05) is 0 Å². The number of pyridine rings is 4. The standard InChI is InChI=1S/C49H31N7/c1-3-11-41-32(9-1)23-27-52-45(41)34-15-19-36(20-16-34)47-54-48(37-21-17-35(18-22-37)46-42-12-4-2-10-33(42)24-28-53-46)56-49(55-47)40-30-38(43-13-5-7-25-50-43)29-39(31-40)44-14-6-8-26-51-44/h1-31H. The van der Waals surface area contributed by atoms with Crippen LogP contribution in [0.25, 0.3) is 101 Å². The van der Waals surface area contributed by atoms with E-state index in [2.05, 4.69) is 101 Å². The van der Waals surface area contributed by atoms with Crippen molar-refractivity contribution < 1.29 is 0 Å². The molecule has 0 spiro atoms. The smallest absolute Gasteiger partial charge is 0.164 e. The fraction of sp³-hybridized carbons (Fsp3) is 0. The highest BCUT2D eigenvalue weighted by atomic mass is 15.0. The van der Waals surface area contributed by atoms with Crippen LogP contribution in [0.5, 0.6) is 0 Å². The zero-order chi connectivity index (χ0) is 37.3. The molecule has 0 atom stereocenters. The maximum atomic E-state index is 5.13. The molecule has 0 aliphatic rings. The van der Waals surface area contributed by atoms with E-state index in [1.165, 1.54) is 0 Å². The Bertz CT molecular complexity index is 2790. The van der Waals surface area contributed by atoms with E-state index >= 15 is 0 Å². The third kappa shape index (κ3) is 6.33. The largest absolute Gasteiger partial charge is 0.256 e. The van der Waals surface area contributed by atoms with Gasteiger partial charge in [0.1, 0.15) is 0 Å². The molecule has 7 heteroatoms. The zero-order valence-corrected chi connectivity index (χ0v) is 30.0. The van der Waals surface area contributed by atoms with E-state index in [1.54, 1.807) is 12.4 Å². The van der Waals surface area contributed by atoms with Crippen LogP contribution in [0, 0.1) is 0 Å². The van der Waals surface area contributed by atoms with Crippen LogP contribution >= 0.6 is 0 Å². The molecule has 10 rings (SSSR count). The fourth-order valence-electron chi connectivity index (χ4n) is 7.14. The van der Waals surface area contributed by atoms with E-state index in [4.69, 9.17) is 24.9 Å². The van der Waals surface area contributed by atoms with Crippen LogP contribution in [-0.2, 0) is 0 Å². The van der Waals surface area contributed by atoms with Crippen molar-refractivity contribution in [3.05, 3.63) is 189 Å². The molecule has 0 aliphatic carbocycles. The summed E-state index contributed by atoms with van der Waals surface area (Å²) in [5.41, 5.74) is 10.0. The Morgan fingerprint density at radius 2 is 0.661 bits per heavy atom. The van der Waals surface area contributed by atoms with Gasteiger partial charge in [-0.2, -0.15) is 0 Å². The van der Waals surface area contributed by atoms with Crippen LogP contribution in [-0.4, -0.2) is 34.9 Å². The first-order valence-corrected chi connectivity index (χ1v) is 18.4. The second-order valence-corrected chi connectivity index (χ2v) is 13.5. The molecule has 0 N–H and O–H groups in total. The van der Waals surface area contributed by atoms with Crippen LogP contribution in [0.2, 0.25) is 0 Å². The van der Waals surface area contributed by atoms with Gasteiger partial charge in [0.25, 0.3) is 0 Å². The molecular weight excluding hydrogens is 687 g/mol. The fourth-order valence-corrected chi connectivity index (χ4v) is 7.14. The summed E-state index contributed by atoms with van der Waals surface area (Å²) in [7, 11) is 0. The van der Waals surface area contributed by atoms with E-state index in [0.717, 1.165) is 83.3 Å². The minimum absolute atomic E-state index is 0.541. The predicted octanol–water partition coefficient (Wildman–Crippen LogP) is 11.4. The highest BCUT2D eigenvalue weighted by Gasteiger charge is 2.17. The number of aromatic nitrogens is 7. The van der Waals surface area contributed by atoms with Gasteiger partial charge in [-0.1, -0.05) is 109 Å². The summed E-state index contributed by atoms with van der Waals surface area (Å²) < 4.78 is 0. The van der Waals surface area contributed by atoms with E-state index in [1.807, 2.05) is 85.2 Å². The summed E-state index contributed by atoms with van der Waals surface area (Å²) in [5.74, 6) is 1.66. The first-order chi connectivity index (χ1) is 27.7. The number of nitrogens with zero attached hydrogens (tertiary/aromatic N) is 7. The van der Waals surface area contributed by atoms with Crippen molar-refractivity contribution in [1.82, 2.24) is 34.9 Å². The number of hydrogen-bond acceptors (Lipinski definition) is 7. The number of rotatable bonds is 7. The molecule has 5 aromatic carbocycles. The summed E-state index contributed by atoms with van der Waals surface area (Å²) >= 11 is 0. The molecule has 0 bridgehead atoms. The second kappa shape index (κ2) is 14.2. The number of hydrogen-bond donors (Lipinski definition) is 0. The maximum Gasteiger partial charge on any atom is 0.164 e. The van der Waals surface area contributed by atoms with Gasteiger partial charge in [-0.05, 0) is 65.4 Å². The molecule has 5 aromatic heterocycles. The van der Waals surface area contributed by atoms with Gasteiger partial charge in [0.05, 0.1) is 22.8 Å². The highest BCUT2D eigenvalue weighted by Crippen LogP contribution is 2.34. The van der Waals surface area contributed by atoms with Crippen LogP contribution in [0.4, 0.5) is 0 Å². The van der Waals surface area contributed by atoms with Gasteiger partial charge in [-0.3, -0.25) is 19.9 Å². The summed E-state index contributed by atoms with van der Waals surface area (Å²) in [5, 5.41) is 4.50. The Kier molecular flexibility index (Phi) is 8.35. The first kappa shape index (κ1) is 32.8. The van der Waals surface area contributed by atoms with Crippen LogP contribution in [0.3, 0.4) is 0 Å². The van der Waals surface area contributed by atoms with E-state index in [-0.39, 0.29) is 0 Å². The highest BCUT2D eigenvalue weighted by molar-refractivity contribution is 5.95. The lowest BCUT2D eigenvalue weighted by molar-refractivity contribution is 1.07. The van der Waals surface area contributed by atoms with Gasteiger partial charge in [0, 0.05) is 74.5 Å². The van der Waals surface area contributed by atoms with Crippen molar-refractivity contribution in [1.29, 1.82) is 0 Å². The Morgan fingerprint density at radius 3 is 1.11 bits per heavy atom. The summed E-state index contributed by atoms with van der Waals surface area (Å²) in [6.45, 7) is 0. The van der Waals surface area contributed by atoms with Crippen LogP contribution in [0.1, 0.15) is 0 Å². The molecule has 7 nitrogen and oxygen atoms in total. The van der Waals surface area contributed by atoms with Crippen LogP contribution in [0.15, 0.2) is 189 Å². The van der Waals surface area contributed by atoms with Gasteiger partial charge in [-0.25, -0.2) is 15.0 Å². The summed E-state index contributed by atoms with van der Waals surface area (Å²) in [4.78, 5) is 34.2. The van der Waals surface area contributed by atoms with E-state index in [9.17, 15) is 0 Å². The lowest BCUT2D eigenvalue weighted by atomic mass is 10.00. The topological polar surface area (TPSA) is 90.2 Å². The van der Waals surface area contributed by atoms with Gasteiger partial charge in [0.2, 0.25) is 0 Å². The van der Waals surface area contributed by atoms with Crippen LogP contribution < -0.4 is 0 Å². The molecule has 56 heavy (non-hydrogen) atoms. The Labute approximate surface area is 323 Å². The molecular formula is C49H31N7. The zero-order valence-electron chi connectivity index (χ0n) is 30.0. The third-order valence-corrected chi connectivity index (χ3v) is 9.93. The monoisotopic (exact) mass is 717 g/mol. The molecule has 0 saturated carbocycles. The molecule has 0 radical (unpaired) electrons. The lowest BCUT2D eigenvalue weighted by Crippen LogP contribution is -2.01. The lowest BCUT2D eigenvalue weighted by Gasteiger charge is -2.12. The Morgan fingerprint density at radius 1 is 0.268 bits per heavy atom. The first-order valence-electron chi connectivity index (χ1n) is 18.4. The maximum absolute atomic E-state index is 5.13. The van der Waals surface area contributed by atoms with Crippen molar-refractivity contribution in [2.24, 2.45) is 0 Å². The summed E-state index contributed by atoms with van der Waals surface area (Å²) in [6, 6.07) is 55.3. The predicted molar refractivity (Wildman–Crippen MR) is 224 cm³/mol. The quantitative estimate of drug-likeness (QED) is 0.162. The molecule has 5 heterocycles. The molecule has 10 aromatic rings. The van der Waals surface area contributed by atoms with E-state index < -0.39 is 0 Å². The third-order valence-electron chi connectivity index (χ3n) is 9.93. The second-order valence-electron chi connectivity index (χ2n) is 13.5. The molecule has 0 amide bonds. The number of benzene rings is 5. The number of fused-ring (bicyclic) bond motifs is 2. The molecule has 0 aliphatic heterocycles. The summed E-state index contributed by atoms with van der Waals surface area (Å²) in [6.07, 6.45) is 7.32. The Balaban J connectivity index is 1.12. The Hall–Kier alpha value is -7.77. The van der Waals surface area contributed by atoms with Gasteiger partial charge < -0.3 is 0 Å². The van der Waals surface area contributed by atoms with E-state index in [0.29, 0.717) is 17.5 Å². The van der Waals surface area contributed by atoms with Crippen molar-refractivity contribution in [2.45, 2.75) is 0 Å².